The van der Waals surface area contributed by atoms with Crippen LogP contribution in [0.25, 0.3) is 17.1 Å². The van der Waals surface area contributed by atoms with E-state index in [2.05, 4.69) is 11.9 Å². The average molecular weight is 314 g/mol. The van der Waals surface area contributed by atoms with Crippen molar-refractivity contribution in [3.63, 3.8) is 0 Å². The number of allylic oxidation sites excluding steroid dienone is 1. The van der Waals surface area contributed by atoms with E-state index in [9.17, 15) is 4.79 Å². The fourth-order valence-corrected chi connectivity index (χ4v) is 3.41. The van der Waals surface area contributed by atoms with Crippen LogP contribution in [0.1, 0.15) is 16.6 Å². The first-order chi connectivity index (χ1) is 10.3. The van der Waals surface area contributed by atoms with Gasteiger partial charge < -0.3 is 0 Å². The maximum Gasteiger partial charge on any atom is 0.257 e. The summed E-state index contributed by atoms with van der Waals surface area (Å²) in [4.78, 5) is 18.1. The molecule has 3 aromatic rings. The summed E-state index contributed by atoms with van der Waals surface area (Å²) in [5, 5.41) is 2.74. The number of aromatic nitrogens is 2. The highest BCUT2D eigenvalue weighted by Gasteiger charge is 2.14. The maximum absolute atomic E-state index is 12.5. The second-order valence-electron chi connectivity index (χ2n) is 4.34. The molecule has 0 unspecified atom stereocenters. The Morgan fingerprint density at radius 3 is 2.95 bits per heavy atom. The van der Waals surface area contributed by atoms with E-state index in [-0.39, 0.29) is 5.91 Å². The van der Waals surface area contributed by atoms with E-state index < -0.39 is 0 Å². The molecule has 0 N–H and O–H groups in total. The Morgan fingerprint density at radius 1 is 1.33 bits per heavy atom. The zero-order valence-electron chi connectivity index (χ0n) is 11.5. The summed E-state index contributed by atoms with van der Waals surface area (Å²) >= 11 is 3.19. The van der Waals surface area contributed by atoms with Gasteiger partial charge in [-0.2, -0.15) is 0 Å². The zero-order valence-corrected chi connectivity index (χ0v) is 13.2. The van der Waals surface area contributed by atoms with E-state index in [0.29, 0.717) is 0 Å². The number of carbonyl (C=O) groups excluding carboxylic acids is 1. The Kier molecular flexibility index (Phi) is 4.22. The van der Waals surface area contributed by atoms with Crippen LogP contribution in [-0.2, 0) is 0 Å². The summed E-state index contributed by atoms with van der Waals surface area (Å²) in [6, 6.07) is 11.7. The minimum Gasteiger partial charge on any atom is -0.269 e. The van der Waals surface area contributed by atoms with Crippen molar-refractivity contribution < 1.29 is 4.79 Å². The van der Waals surface area contributed by atoms with Gasteiger partial charge in [-0.3, -0.25) is 9.36 Å². The molecule has 0 atom stereocenters. The van der Waals surface area contributed by atoms with Crippen LogP contribution in [0.3, 0.4) is 0 Å². The fourth-order valence-electron chi connectivity index (χ4n) is 2.06. The molecule has 0 saturated carbocycles. The number of thiophene rings is 1. The smallest absolute Gasteiger partial charge is 0.257 e. The second kappa shape index (κ2) is 6.28. The molecule has 0 aliphatic heterocycles. The normalized spacial score (nSPS) is 11.5. The third-order valence-electron chi connectivity index (χ3n) is 2.96. The van der Waals surface area contributed by atoms with Crippen LogP contribution in [0, 0.1) is 0 Å². The molecule has 0 spiro atoms. The molecule has 0 saturated heterocycles. The Hall–Kier alpha value is -1.85. The number of carbonyl (C=O) groups is 1. The summed E-state index contributed by atoms with van der Waals surface area (Å²) in [7, 11) is 0. The fraction of sp³-hybridized carbons (Fsp3) is 0.125. The number of hydrogen-bond acceptors (Lipinski definition) is 4. The van der Waals surface area contributed by atoms with Crippen molar-refractivity contribution in [2.24, 2.45) is 0 Å². The van der Waals surface area contributed by atoms with Gasteiger partial charge in [0, 0.05) is 11.0 Å². The van der Waals surface area contributed by atoms with Crippen LogP contribution in [-0.4, -0.2) is 21.2 Å². The molecule has 0 bridgehead atoms. The van der Waals surface area contributed by atoms with Gasteiger partial charge in [0.25, 0.3) is 5.91 Å². The highest BCUT2D eigenvalue weighted by molar-refractivity contribution is 7.99. The van der Waals surface area contributed by atoms with Crippen LogP contribution in [0.5, 0.6) is 0 Å². The molecule has 0 radical (unpaired) electrons. The summed E-state index contributed by atoms with van der Waals surface area (Å²) in [5.41, 5.74) is 1.71. The SMILES string of the molecule is CCSc1nc2ccccc2n1C(=O)C=Cc1cccs1. The molecule has 5 heteroatoms. The summed E-state index contributed by atoms with van der Waals surface area (Å²) < 4.78 is 1.69. The molecule has 3 rings (SSSR count). The second-order valence-corrected chi connectivity index (χ2v) is 6.55. The molecule has 2 aromatic heterocycles. The van der Waals surface area contributed by atoms with E-state index in [1.54, 1.807) is 33.7 Å². The van der Waals surface area contributed by atoms with Crippen molar-refractivity contribution in [1.29, 1.82) is 0 Å². The largest absolute Gasteiger partial charge is 0.269 e. The van der Waals surface area contributed by atoms with Gasteiger partial charge in [0.05, 0.1) is 11.0 Å². The van der Waals surface area contributed by atoms with E-state index in [1.165, 1.54) is 0 Å². The molecular formula is C16H14N2OS2. The van der Waals surface area contributed by atoms with Crippen molar-refractivity contribution in [2.45, 2.75) is 12.1 Å². The standard InChI is InChI=1S/C16H14N2OS2/c1-2-20-16-17-13-7-3-4-8-14(13)18(16)15(19)10-9-12-6-5-11-21-12/h3-11H,2H2,1H3. The lowest BCUT2D eigenvalue weighted by Gasteiger charge is -2.03. The molecule has 0 amide bonds. The average Bonchev–Trinajstić information content (AvgIpc) is 3.12. The Morgan fingerprint density at radius 2 is 2.19 bits per heavy atom. The van der Waals surface area contributed by atoms with E-state index in [0.717, 1.165) is 26.8 Å². The predicted molar refractivity (Wildman–Crippen MR) is 90.1 cm³/mol. The Labute approximate surface area is 131 Å². The first-order valence-corrected chi connectivity index (χ1v) is 8.52. The predicted octanol–water partition coefficient (Wildman–Crippen LogP) is 4.56. The molecule has 3 nitrogen and oxygen atoms in total. The number of fused-ring (bicyclic) bond motifs is 1. The van der Waals surface area contributed by atoms with Crippen LogP contribution in [0.2, 0.25) is 0 Å². The Balaban J connectivity index is 2.01. The van der Waals surface area contributed by atoms with Gasteiger partial charge in [-0.15, -0.1) is 11.3 Å². The highest BCUT2D eigenvalue weighted by atomic mass is 32.2. The Bertz CT molecular complexity index is 788. The van der Waals surface area contributed by atoms with Crippen molar-refractivity contribution in [3.05, 3.63) is 52.7 Å². The van der Waals surface area contributed by atoms with E-state index in [1.807, 2.05) is 47.9 Å². The van der Waals surface area contributed by atoms with Crippen molar-refractivity contribution in [2.75, 3.05) is 5.75 Å². The minimum absolute atomic E-state index is 0.0620. The number of para-hydroxylation sites is 2. The quantitative estimate of drug-likeness (QED) is 0.523. The lowest BCUT2D eigenvalue weighted by Crippen LogP contribution is -2.08. The summed E-state index contributed by atoms with van der Waals surface area (Å²) in [6.45, 7) is 2.06. The van der Waals surface area contributed by atoms with Gasteiger partial charge in [0.15, 0.2) is 5.16 Å². The first kappa shape index (κ1) is 14.1. The van der Waals surface area contributed by atoms with Crippen LogP contribution in [0.4, 0.5) is 0 Å². The van der Waals surface area contributed by atoms with E-state index in [4.69, 9.17) is 0 Å². The molecule has 2 heterocycles. The minimum atomic E-state index is -0.0620. The number of thioether (sulfide) groups is 1. The first-order valence-electron chi connectivity index (χ1n) is 6.66. The third-order valence-corrected chi connectivity index (χ3v) is 4.62. The molecular weight excluding hydrogens is 300 g/mol. The molecule has 1 aromatic carbocycles. The molecule has 106 valence electrons. The molecule has 0 aliphatic rings. The number of rotatable bonds is 4. The lowest BCUT2D eigenvalue weighted by atomic mass is 10.3. The number of benzene rings is 1. The van der Waals surface area contributed by atoms with Gasteiger partial charge in [-0.1, -0.05) is 36.9 Å². The van der Waals surface area contributed by atoms with Gasteiger partial charge in [0.1, 0.15) is 0 Å². The molecule has 0 fully saturated rings. The number of imidazole rings is 1. The third kappa shape index (κ3) is 2.94. The van der Waals surface area contributed by atoms with Crippen LogP contribution >= 0.6 is 23.1 Å². The molecule has 21 heavy (non-hydrogen) atoms. The molecule has 0 aliphatic carbocycles. The van der Waals surface area contributed by atoms with Gasteiger partial charge in [-0.05, 0) is 35.4 Å². The van der Waals surface area contributed by atoms with Gasteiger partial charge >= 0.3 is 0 Å². The van der Waals surface area contributed by atoms with E-state index >= 15 is 0 Å². The van der Waals surface area contributed by atoms with Gasteiger partial charge in [-0.25, -0.2) is 4.98 Å². The zero-order chi connectivity index (χ0) is 14.7. The monoisotopic (exact) mass is 314 g/mol. The van der Waals surface area contributed by atoms with Crippen molar-refractivity contribution in [1.82, 2.24) is 9.55 Å². The summed E-state index contributed by atoms with van der Waals surface area (Å²) in [5.74, 6) is 0.818. The van der Waals surface area contributed by atoms with Gasteiger partial charge in [0.2, 0.25) is 0 Å². The number of hydrogen-bond donors (Lipinski definition) is 0. The summed E-state index contributed by atoms with van der Waals surface area (Å²) in [6.07, 6.45) is 3.46. The van der Waals surface area contributed by atoms with Crippen molar-refractivity contribution in [3.8, 4) is 0 Å². The maximum atomic E-state index is 12.5. The van der Waals surface area contributed by atoms with Crippen molar-refractivity contribution >= 4 is 46.1 Å². The highest BCUT2D eigenvalue weighted by Crippen LogP contribution is 2.24. The topological polar surface area (TPSA) is 34.9 Å². The van der Waals surface area contributed by atoms with Crippen LogP contribution < -0.4 is 0 Å². The van der Waals surface area contributed by atoms with Crippen LogP contribution in [0.15, 0.2) is 53.0 Å². The lowest BCUT2D eigenvalue weighted by molar-refractivity contribution is 0.0965. The number of nitrogens with zero attached hydrogens (tertiary/aromatic N) is 2.